The molecule has 1 aliphatic carbocycles. The Bertz CT molecular complexity index is 500. The predicted molar refractivity (Wildman–Crippen MR) is 72.5 cm³/mol. The zero-order chi connectivity index (χ0) is 12.8. The van der Waals surface area contributed by atoms with Crippen LogP contribution in [-0.2, 0) is 4.74 Å². The van der Waals surface area contributed by atoms with Crippen LogP contribution in [0.2, 0.25) is 0 Å². The number of nitrogens with zero attached hydrogens (tertiary/aromatic N) is 1. The van der Waals surface area contributed by atoms with E-state index in [1.54, 1.807) is 0 Å². The molecule has 0 radical (unpaired) electrons. The number of hydrogen-bond donors (Lipinski definition) is 2. The molecule has 5 nitrogen and oxygen atoms in total. The van der Waals surface area contributed by atoms with Crippen LogP contribution in [0.25, 0.3) is 0 Å². The summed E-state index contributed by atoms with van der Waals surface area (Å²) in [7, 11) is 0. The summed E-state index contributed by atoms with van der Waals surface area (Å²) in [6.07, 6.45) is 6.20. The highest BCUT2D eigenvalue weighted by atomic mass is 32.1. The zero-order valence-electron chi connectivity index (χ0n) is 10.6. The van der Waals surface area contributed by atoms with E-state index in [0.29, 0.717) is 17.2 Å². The highest BCUT2D eigenvalue weighted by Crippen LogP contribution is 2.41. The third-order valence-corrected chi connectivity index (χ3v) is 4.94. The molecule has 0 spiro atoms. The minimum absolute atomic E-state index is 0.155. The van der Waals surface area contributed by atoms with Gasteiger partial charge in [-0.2, -0.15) is 0 Å². The number of hydrogen-bond acceptors (Lipinski definition) is 4. The lowest BCUT2D eigenvalue weighted by molar-refractivity contribution is 0.0984. The molecular weight excluding hydrogens is 262 g/mol. The average Bonchev–Trinajstić information content (AvgIpc) is 2.83. The number of carbonyl (C=O) groups excluding carboxylic acids is 1. The first-order valence-corrected chi connectivity index (χ1v) is 7.84. The summed E-state index contributed by atoms with van der Waals surface area (Å²) in [6, 6.07) is 0.0134. The lowest BCUT2D eigenvalue weighted by Crippen LogP contribution is -2.43. The predicted octanol–water partition coefficient (Wildman–Crippen LogP) is 2.46. The first kappa shape index (κ1) is 11.7. The van der Waals surface area contributed by atoms with E-state index < -0.39 is 0 Å². The number of thiazole rings is 1. The van der Waals surface area contributed by atoms with E-state index in [2.05, 4.69) is 15.6 Å². The van der Waals surface area contributed by atoms with Crippen molar-refractivity contribution in [2.24, 2.45) is 0 Å². The molecule has 2 bridgehead atoms. The van der Waals surface area contributed by atoms with Gasteiger partial charge in [-0.3, -0.25) is 5.32 Å². The van der Waals surface area contributed by atoms with Gasteiger partial charge in [-0.05, 0) is 32.1 Å². The second kappa shape index (κ2) is 4.45. The average molecular weight is 279 g/mol. The number of anilines is 1. The quantitative estimate of drug-likeness (QED) is 0.893. The molecule has 0 aromatic carbocycles. The van der Waals surface area contributed by atoms with Gasteiger partial charge < -0.3 is 10.1 Å². The molecule has 3 atom stereocenters. The Hall–Kier alpha value is -1.14. The van der Waals surface area contributed by atoms with Crippen molar-refractivity contribution in [1.82, 2.24) is 10.3 Å². The van der Waals surface area contributed by atoms with E-state index in [4.69, 9.17) is 4.74 Å². The summed E-state index contributed by atoms with van der Waals surface area (Å²) in [5.41, 5.74) is 1.13. The van der Waals surface area contributed by atoms with Crippen molar-refractivity contribution in [2.45, 2.75) is 56.3 Å². The minimum atomic E-state index is -0.155. The fourth-order valence-electron chi connectivity index (χ4n) is 3.00. The van der Waals surface area contributed by atoms with Gasteiger partial charge in [-0.25, -0.2) is 9.78 Å². The van der Waals surface area contributed by atoms with Crippen LogP contribution in [-0.4, -0.2) is 29.3 Å². The molecule has 1 aromatic rings. The Morgan fingerprint density at radius 3 is 2.95 bits per heavy atom. The summed E-state index contributed by atoms with van der Waals surface area (Å²) < 4.78 is 5.72. The third kappa shape index (κ3) is 2.34. The van der Waals surface area contributed by atoms with Crippen molar-refractivity contribution >= 4 is 22.5 Å². The van der Waals surface area contributed by atoms with Crippen molar-refractivity contribution in [2.75, 3.05) is 5.32 Å². The van der Waals surface area contributed by atoms with Crippen molar-refractivity contribution in [3.63, 3.8) is 0 Å². The molecular formula is C13H17N3O2S. The largest absolute Gasteiger partial charge is 0.373 e. The van der Waals surface area contributed by atoms with Crippen LogP contribution in [0.4, 0.5) is 9.93 Å². The highest BCUT2D eigenvalue weighted by Gasteiger charge is 2.41. The number of ether oxygens (including phenoxy) is 1. The van der Waals surface area contributed by atoms with E-state index >= 15 is 0 Å². The fourth-order valence-corrected chi connectivity index (χ4v) is 3.79. The lowest BCUT2D eigenvalue weighted by atomic mass is 9.96. The van der Waals surface area contributed by atoms with Gasteiger partial charge in [0.25, 0.3) is 0 Å². The Balaban J connectivity index is 1.33. The van der Waals surface area contributed by atoms with Gasteiger partial charge >= 0.3 is 6.03 Å². The SMILES string of the molecule is O=C(Nc1nc(C2CC2)cs1)N[C@@H]1C[C@@H]2CC[C@H]1O2. The van der Waals surface area contributed by atoms with Crippen molar-refractivity contribution in [1.29, 1.82) is 0 Å². The van der Waals surface area contributed by atoms with Crippen LogP contribution in [0.15, 0.2) is 5.38 Å². The molecule has 102 valence electrons. The normalized spacial score (nSPS) is 32.5. The van der Waals surface area contributed by atoms with Crippen LogP contribution in [0, 0.1) is 0 Å². The van der Waals surface area contributed by atoms with Crippen LogP contribution in [0.3, 0.4) is 0 Å². The molecule has 2 saturated heterocycles. The topological polar surface area (TPSA) is 63.2 Å². The standard InChI is InChI=1S/C13H17N3O2S/c17-12(14-9-5-8-3-4-11(9)18-8)16-13-15-10(6-19-13)7-1-2-7/h6-9,11H,1-5H2,(H2,14,15,16,17)/t8-,9+,11+/m0/s1. The lowest BCUT2D eigenvalue weighted by Gasteiger charge is -2.19. The summed E-state index contributed by atoms with van der Waals surface area (Å²) in [6.45, 7) is 0. The maximum atomic E-state index is 11.9. The molecule has 2 amide bonds. The molecule has 1 aromatic heterocycles. The monoisotopic (exact) mass is 279 g/mol. The molecule has 1 saturated carbocycles. The first-order chi connectivity index (χ1) is 9.28. The molecule has 3 heterocycles. The summed E-state index contributed by atoms with van der Waals surface area (Å²) in [5, 5.41) is 8.58. The Labute approximate surface area is 115 Å². The third-order valence-electron chi connectivity index (χ3n) is 4.16. The second-order valence-corrected chi connectivity index (χ2v) is 6.52. The van der Waals surface area contributed by atoms with Crippen LogP contribution in [0.1, 0.15) is 43.7 Å². The van der Waals surface area contributed by atoms with Crippen molar-refractivity contribution in [3.8, 4) is 0 Å². The Morgan fingerprint density at radius 1 is 1.37 bits per heavy atom. The van der Waals surface area contributed by atoms with E-state index in [1.165, 1.54) is 24.2 Å². The van der Waals surface area contributed by atoms with Gasteiger partial charge in [0.15, 0.2) is 5.13 Å². The van der Waals surface area contributed by atoms with Gasteiger partial charge in [0.05, 0.1) is 23.9 Å². The molecule has 19 heavy (non-hydrogen) atoms. The summed E-state index contributed by atoms with van der Waals surface area (Å²) >= 11 is 1.51. The number of fused-ring (bicyclic) bond motifs is 2. The van der Waals surface area contributed by atoms with Crippen LogP contribution < -0.4 is 10.6 Å². The molecule has 3 aliphatic rings. The number of aromatic nitrogens is 1. The summed E-state index contributed by atoms with van der Waals surface area (Å²) in [5.74, 6) is 0.633. The van der Waals surface area contributed by atoms with Crippen LogP contribution in [0.5, 0.6) is 0 Å². The number of nitrogens with one attached hydrogen (secondary N) is 2. The molecule has 2 N–H and O–H groups in total. The number of carbonyl (C=O) groups is 1. The zero-order valence-corrected chi connectivity index (χ0v) is 11.4. The van der Waals surface area contributed by atoms with Crippen LogP contribution >= 0.6 is 11.3 Å². The second-order valence-electron chi connectivity index (χ2n) is 5.67. The van der Waals surface area contributed by atoms with Gasteiger partial charge in [0, 0.05) is 11.3 Å². The van der Waals surface area contributed by atoms with Gasteiger partial charge in [0.2, 0.25) is 0 Å². The Kier molecular flexibility index (Phi) is 2.73. The molecule has 2 aliphatic heterocycles. The maximum Gasteiger partial charge on any atom is 0.321 e. The van der Waals surface area contributed by atoms with E-state index in [0.717, 1.165) is 25.0 Å². The fraction of sp³-hybridized carbons (Fsp3) is 0.692. The molecule has 3 fully saturated rings. The van der Waals surface area contributed by atoms with Gasteiger partial charge in [0.1, 0.15) is 0 Å². The number of amides is 2. The highest BCUT2D eigenvalue weighted by molar-refractivity contribution is 7.13. The van der Waals surface area contributed by atoms with Crippen molar-refractivity contribution < 1.29 is 9.53 Å². The molecule has 0 unspecified atom stereocenters. The van der Waals surface area contributed by atoms with Gasteiger partial charge in [-0.1, -0.05) is 0 Å². The number of rotatable bonds is 3. The first-order valence-electron chi connectivity index (χ1n) is 6.96. The number of urea groups is 1. The molecule has 6 heteroatoms. The Morgan fingerprint density at radius 2 is 2.26 bits per heavy atom. The summed E-state index contributed by atoms with van der Waals surface area (Å²) in [4.78, 5) is 16.4. The van der Waals surface area contributed by atoms with E-state index in [-0.39, 0.29) is 18.2 Å². The molecule has 4 rings (SSSR count). The van der Waals surface area contributed by atoms with Crippen molar-refractivity contribution in [3.05, 3.63) is 11.1 Å². The smallest absolute Gasteiger partial charge is 0.321 e. The van der Waals surface area contributed by atoms with Gasteiger partial charge in [-0.15, -0.1) is 11.3 Å². The maximum absolute atomic E-state index is 11.9. The van der Waals surface area contributed by atoms with E-state index in [1.807, 2.05) is 5.38 Å². The van der Waals surface area contributed by atoms with E-state index in [9.17, 15) is 4.79 Å². The minimum Gasteiger partial charge on any atom is -0.373 e.